The van der Waals surface area contributed by atoms with E-state index < -0.39 is 0 Å². The van der Waals surface area contributed by atoms with E-state index >= 15 is 0 Å². The topological polar surface area (TPSA) is 90.9 Å². The van der Waals surface area contributed by atoms with Crippen molar-refractivity contribution in [1.29, 1.82) is 0 Å². The SMILES string of the molecule is Cc1cc(/C(N)=N/O)ccc1CNC(C)(C)CCO. The molecule has 5 N–H and O–H groups in total. The van der Waals surface area contributed by atoms with Crippen LogP contribution in [0.1, 0.15) is 37.0 Å². The third-order valence-electron chi connectivity index (χ3n) is 3.24. The van der Waals surface area contributed by atoms with Crippen molar-refractivity contribution >= 4 is 5.84 Å². The molecule has 0 fully saturated rings. The molecule has 0 radical (unpaired) electrons. The second kappa shape index (κ2) is 6.54. The fourth-order valence-corrected chi connectivity index (χ4v) is 1.81. The Morgan fingerprint density at radius 3 is 2.63 bits per heavy atom. The predicted octanol–water partition coefficient (Wildman–Crippen LogP) is 1.34. The fourth-order valence-electron chi connectivity index (χ4n) is 1.81. The summed E-state index contributed by atoms with van der Waals surface area (Å²) in [4.78, 5) is 0. The molecule has 0 heterocycles. The van der Waals surface area contributed by atoms with Crippen molar-refractivity contribution in [2.24, 2.45) is 10.9 Å². The molecular formula is C14H23N3O2. The zero-order chi connectivity index (χ0) is 14.5. The lowest BCUT2D eigenvalue weighted by Gasteiger charge is -2.26. The molecule has 0 saturated heterocycles. The lowest BCUT2D eigenvalue weighted by molar-refractivity contribution is 0.230. The monoisotopic (exact) mass is 265 g/mol. The molecule has 106 valence electrons. The van der Waals surface area contributed by atoms with Gasteiger partial charge in [0.2, 0.25) is 0 Å². The van der Waals surface area contributed by atoms with Crippen molar-refractivity contribution < 1.29 is 10.3 Å². The molecule has 5 nitrogen and oxygen atoms in total. The molecule has 0 aromatic heterocycles. The highest BCUT2D eigenvalue weighted by Crippen LogP contribution is 2.14. The average molecular weight is 265 g/mol. The first-order chi connectivity index (χ1) is 8.89. The van der Waals surface area contributed by atoms with Gasteiger partial charge >= 0.3 is 0 Å². The van der Waals surface area contributed by atoms with E-state index in [-0.39, 0.29) is 18.0 Å². The number of aliphatic hydroxyl groups is 1. The van der Waals surface area contributed by atoms with Crippen LogP contribution in [0, 0.1) is 6.92 Å². The molecule has 1 aromatic rings. The van der Waals surface area contributed by atoms with Crippen LogP contribution in [0.15, 0.2) is 23.4 Å². The number of aryl methyl sites for hydroxylation is 1. The number of nitrogens with one attached hydrogen (secondary N) is 1. The maximum Gasteiger partial charge on any atom is 0.170 e. The summed E-state index contributed by atoms with van der Waals surface area (Å²) in [6, 6.07) is 5.69. The first kappa shape index (κ1) is 15.5. The molecule has 0 aliphatic rings. The Morgan fingerprint density at radius 1 is 1.42 bits per heavy atom. The highest BCUT2D eigenvalue weighted by molar-refractivity contribution is 5.97. The summed E-state index contributed by atoms with van der Waals surface area (Å²) >= 11 is 0. The van der Waals surface area contributed by atoms with Gasteiger partial charge in [0.25, 0.3) is 0 Å². The highest BCUT2D eigenvalue weighted by Gasteiger charge is 2.16. The zero-order valence-corrected chi connectivity index (χ0v) is 11.8. The minimum absolute atomic E-state index is 0.106. The number of rotatable bonds is 6. The van der Waals surface area contributed by atoms with Crippen LogP contribution in [0.2, 0.25) is 0 Å². The van der Waals surface area contributed by atoms with E-state index in [4.69, 9.17) is 16.0 Å². The van der Waals surface area contributed by atoms with Crippen LogP contribution >= 0.6 is 0 Å². The van der Waals surface area contributed by atoms with Gasteiger partial charge in [-0.05, 0) is 44.4 Å². The molecule has 0 unspecified atom stereocenters. The summed E-state index contributed by atoms with van der Waals surface area (Å²) in [5, 5.41) is 24.0. The van der Waals surface area contributed by atoms with Crippen LogP contribution in [0.3, 0.4) is 0 Å². The van der Waals surface area contributed by atoms with E-state index in [2.05, 4.69) is 24.3 Å². The molecule has 5 heteroatoms. The Balaban J connectivity index is 2.76. The predicted molar refractivity (Wildman–Crippen MR) is 76.3 cm³/mol. The third-order valence-corrected chi connectivity index (χ3v) is 3.24. The van der Waals surface area contributed by atoms with E-state index in [1.54, 1.807) is 0 Å². The third kappa shape index (κ3) is 4.54. The van der Waals surface area contributed by atoms with Gasteiger partial charge in [-0.2, -0.15) is 0 Å². The molecule has 0 aliphatic carbocycles. The van der Waals surface area contributed by atoms with Gasteiger partial charge in [-0.3, -0.25) is 0 Å². The van der Waals surface area contributed by atoms with E-state index in [0.717, 1.165) is 17.7 Å². The first-order valence-corrected chi connectivity index (χ1v) is 6.33. The summed E-state index contributed by atoms with van der Waals surface area (Å²) in [6.07, 6.45) is 0.703. The van der Waals surface area contributed by atoms with Crippen LogP contribution in [-0.2, 0) is 6.54 Å². The van der Waals surface area contributed by atoms with Gasteiger partial charge < -0.3 is 21.4 Å². The molecule has 0 aliphatic heterocycles. The molecule has 19 heavy (non-hydrogen) atoms. The quantitative estimate of drug-likeness (QED) is 0.270. The second-order valence-electron chi connectivity index (χ2n) is 5.34. The van der Waals surface area contributed by atoms with Gasteiger partial charge in [0.05, 0.1) is 0 Å². The molecule has 0 atom stereocenters. The number of aliphatic hydroxyl groups excluding tert-OH is 1. The summed E-state index contributed by atoms with van der Waals surface area (Å²) in [5.74, 6) is 0.114. The van der Waals surface area contributed by atoms with Crippen molar-refractivity contribution in [1.82, 2.24) is 5.32 Å². The maximum atomic E-state index is 8.99. The van der Waals surface area contributed by atoms with Crippen molar-refractivity contribution in [3.8, 4) is 0 Å². The van der Waals surface area contributed by atoms with Crippen molar-refractivity contribution in [2.75, 3.05) is 6.61 Å². The number of oxime groups is 1. The fraction of sp³-hybridized carbons (Fsp3) is 0.500. The minimum atomic E-state index is -0.106. The largest absolute Gasteiger partial charge is 0.409 e. The maximum absolute atomic E-state index is 8.99. The standard InChI is InChI=1S/C14H23N3O2/c1-10-8-11(13(15)17-19)4-5-12(10)9-16-14(2,3)6-7-18/h4-5,8,16,18-19H,6-7,9H2,1-3H3,(H2,15,17). The van der Waals surface area contributed by atoms with Gasteiger partial charge in [0.1, 0.15) is 0 Å². The van der Waals surface area contributed by atoms with E-state index in [1.807, 2.05) is 25.1 Å². The van der Waals surface area contributed by atoms with Crippen LogP contribution in [0.25, 0.3) is 0 Å². The molecule has 0 amide bonds. The first-order valence-electron chi connectivity index (χ1n) is 6.33. The minimum Gasteiger partial charge on any atom is -0.409 e. The Hall–Kier alpha value is -1.59. The van der Waals surface area contributed by atoms with Gasteiger partial charge in [-0.15, -0.1) is 0 Å². The van der Waals surface area contributed by atoms with E-state index in [9.17, 15) is 0 Å². The molecular weight excluding hydrogens is 242 g/mol. The Labute approximate surface area is 114 Å². The van der Waals surface area contributed by atoms with Crippen LogP contribution in [0.4, 0.5) is 0 Å². The highest BCUT2D eigenvalue weighted by atomic mass is 16.4. The molecule has 1 rings (SSSR count). The van der Waals surface area contributed by atoms with Gasteiger partial charge in [0.15, 0.2) is 5.84 Å². The number of benzene rings is 1. The van der Waals surface area contributed by atoms with E-state index in [1.165, 1.54) is 0 Å². The summed E-state index contributed by atoms with van der Waals surface area (Å²) < 4.78 is 0. The Kier molecular flexibility index (Phi) is 5.32. The second-order valence-corrected chi connectivity index (χ2v) is 5.34. The van der Waals surface area contributed by atoms with Gasteiger partial charge in [-0.25, -0.2) is 0 Å². The summed E-state index contributed by atoms with van der Waals surface area (Å²) in [5.41, 5.74) is 8.39. The molecule has 0 bridgehead atoms. The summed E-state index contributed by atoms with van der Waals surface area (Å²) in [7, 11) is 0. The number of nitrogens with zero attached hydrogens (tertiary/aromatic N) is 1. The molecule has 0 saturated carbocycles. The van der Waals surface area contributed by atoms with Gasteiger partial charge in [-0.1, -0.05) is 17.3 Å². The Bertz CT molecular complexity index is 456. The van der Waals surface area contributed by atoms with Crippen molar-refractivity contribution in [3.05, 3.63) is 34.9 Å². The lowest BCUT2D eigenvalue weighted by atomic mass is 9.99. The number of hydrogen-bond acceptors (Lipinski definition) is 4. The lowest BCUT2D eigenvalue weighted by Crippen LogP contribution is -2.39. The number of amidine groups is 1. The zero-order valence-electron chi connectivity index (χ0n) is 11.8. The van der Waals surface area contributed by atoms with Gasteiger partial charge in [0, 0.05) is 24.3 Å². The summed E-state index contributed by atoms with van der Waals surface area (Å²) in [6.45, 7) is 6.99. The number of nitrogens with two attached hydrogens (primary N) is 1. The normalized spacial score (nSPS) is 12.7. The van der Waals surface area contributed by atoms with Crippen LogP contribution < -0.4 is 11.1 Å². The molecule has 1 aromatic carbocycles. The smallest absolute Gasteiger partial charge is 0.170 e. The van der Waals surface area contributed by atoms with E-state index in [0.29, 0.717) is 12.0 Å². The van der Waals surface area contributed by atoms with Crippen LogP contribution in [0.5, 0.6) is 0 Å². The average Bonchev–Trinajstić information content (AvgIpc) is 2.36. The Morgan fingerprint density at radius 2 is 2.11 bits per heavy atom. The number of hydrogen-bond donors (Lipinski definition) is 4. The molecule has 0 spiro atoms. The van der Waals surface area contributed by atoms with Crippen molar-refractivity contribution in [3.63, 3.8) is 0 Å². The van der Waals surface area contributed by atoms with Crippen LogP contribution in [-0.4, -0.2) is 28.3 Å². The van der Waals surface area contributed by atoms with Crippen molar-refractivity contribution in [2.45, 2.75) is 39.3 Å².